The summed E-state index contributed by atoms with van der Waals surface area (Å²) in [6.45, 7) is 14.9. The largest absolute Gasteiger partial charge is 0.301 e. The van der Waals surface area contributed by atoms with Crippen molar-refractivity contribution in [2.45, 2.75) is 12.1 Å². The quantitative estimate of drug-likeness (QED) is 0.140. The minimum Gasteiger partial charge on any atom is -0.301 e. The zero-order valence-electron chi connectivity index (χ0n) is 21.4. The van der Waals surface area contributed by atoms with Gasteiger partial charge in [0.25, 0.3) is 12.1 Å². The van der Waals surface area contributed by atoms with E-state index in [9.17, 15) is 4.39 Å². The summed E-state index contributed by atoms with van der Waals surface area (Å²) in [5.74, 6) is -0.309. The lowest BCUT2D eigenvalue weighted by Crippen LogP contribution is -2.02. The maximum atomic E-state index is 13.1. The molecule has 2 heterocycles. The molecule has 208 valence electrons. The predicted molar refractivity (Wildman–Crippen MR) is 169 cm³/mol. The Balaban J connectivity index is 0.000000201. The highest BCUT2D eigenvalue weighted by molar-refractivity contribution is 6.36. The molecule has 3 aromatic carbocycles. The summed E-state index contributed by atoms with van der Waals surface area (Å²) < 4.78 is 13.1. The van der Waals surface area contributed by atoms with Crippen LogP contribution in [0.5, 0.6) is 0 Å². The van der Waals surface area contributed by atoms with Crippen LogP contribution in [0.15, 0.2) is 97.1 Å². The second kappa shape index (κ2) is 14.5. The molecular weight excluding hydrogens is 637 g/mol. The third-order valence-corrected chi connectivity index (χ3v) is 7.54. The molecule has 0 saturated heterocycles. The third kappa shape index (κ3) is 7.39. The van der Waals surface area contributed by atoms with Crippen LogP contribution < -0.4 is 0 Å². The first-order valence-electron chi connectivity index (χ1n) is 12.2. The Hall–Kier alpha value is -3.68. The van der Waals surface area contributed by atoms with Crippen molar-refractivity contribution in [1.29, 1.82) is 0 Å². The molecule has 10 heteroatoms. The highest BCUT2D eigenvalue weighted by Crippen LogP contribution is 2.37. The van der Waals surface area contributed by atoms with Crippen molar-refractivity contribution in [1.82, 2.24) is 9.97 Å². The van der Waals surface area contributed by atoms with Gasteiger partial charge in [-0.2, -0.15) is 0 Å². The Morgan fingerprint density at radius 2 is 0.976 bits per heavy atom. The van der Waals surface area contributed by atoms with E-state index in [0.717, 1.165) is 5.56 Å². The lowest BCUT2D eigenvalue weighted by molar-refractivity contribution is 0.628. The van der Waals surface area contributed by atoms with Gasteiger partial charge in [0.2, 0.25) is 0 Å². The van der Waals surface area contributed by atoms with Gasteiger partial charge in [0, 0.05) is 5.56 Å². The van der Waals surface area contributed by atoms with Crippen molar-refractivity contribution < 1.29 is 4.39 Å². The molecule has 2 aromatic heterocycles. The molecular formula is C32H18Cl5FN4. The standard InChI is InChI=1S/C19H11Cl2FN2.C13H7Cl3N2/c1-23-19(18-14(20)4-2-5-15(18)21)17-7-3-6-16(24-17)12-8-10-13(22)11-9-12;1-17-13(10-6-3-7-11(16)18-10)12-8(14)4-2-5-9(12)15/h2-11,19H;2-7,13H. The minimum atomic E-state index is -0.702. The van der Waals surface area contributed by atoms with Crippen molar-refractivity contribution in [3.63, 3.8) is 0 Å². The van der Waals surface area contributed by atoms with E-state index >= 15 is 0 Å². The number of pyridine rings is 2. The van der Waals surface area contributed by atoms with Crippen LogP contribution >= 0.6 is 58.0 Å². The van der Waals surface area contributed by atoms with E-state index in [2.05, 4.69) is 19.7 Å². The molecule has 0 radical (unpaired) electrons. The number of hydrogen-bond acceptors (Lipinski definition) is 2. The number of aromatic nitrogens is 2. The van der Waals surface area contributed by atoms with Crippen molar-refractivity contribution in [2.75, 3.05) is 0 Å². The molecule has 5 rings (SSSR count). The lowest BCUT2D eigenvalue weighted by atomic mass is 10.0. The molecule has 0 N–H and O–H groups in total. The number of halogens is 6. The summed E-state index contributed by atoms with van der Waals surface area (Å²) in [5.41, 5.74) is 3.61. The Morgan fingerprint density at radius 3 is 1.43 bits per heavy atom. The summed E-state index contributed by atoms with van der Waals surface area (Å²) in [6, 6.07) is 25.5. The Labute approximate surface area is 267 Å². The molecule has 5 aromatic rings. The lowest BCUT2D eigenvalue weighted by Gasteiger charge is -2.11. The molecule has 0 bridgehead atoms. The molecule has 42 heavy (non-hydrogen) atoms. The molecule has 2 atom stereocenters. The van der Waals surface area contributed by atoms with Crippen LogP contribution in [0.3, 0.4) is 0 Å². The van der Waals surface area contributed by atoms with E-state index < -0.39 is 12.1 Å². The monoisotopic (exact) mass is 652 g/mol. The molecule has 0 saturated carbocycles. The van der Waals surface area contributed by atoms with Crippen molar-refractivity contribution in [3.05, 3.63) is 173 Å². The van der Waals surface area contributed by atoms with Crippen LogP contribution in [-0.4, -0.2) is 9.97 Å². The van der Waals surface area contributed by atoms with Gasteiger partial charge in [-0.3, -0.25) is 0 Å². The number of nitrogens with zero attached hydrogens (tertiary/aromatic N) is 4. The zero-order valence-corrected chi connectivity index (χ0v) is 25.2. The number of rotatable bonds is 5. The van der Waals surface area contributed by atoms with Gasteiger partial charge in [-0.25, -0.2) is 27.5 Å². The molecule has 0 spiro atoms. The smallest absolute Gasteiger partial charge is 0.293 e. The second-order valence-corrected chi connectivity index (χ2v) is 10.7. The van der Waals surface area contributed by atoms with Crippen LogP contribution in [0.1, 0.15) is 34.6 Å². The van der Waals surface area contributed by atoms with Gasteiger partial charge in [-0.1, -0.05) is 82.3 Å². The molecule has 4 nitrogen and oxygen atoms in total. The SMILES string of the molecule is [C-]#[N+]C(c1cccc(-c2ccc(F)cc2)n1)c1c(Cl)cccc1Cl.[C-]#[N+]C(c1cccc(Cl)n1)c1c(Cl)cccc1Cl. The molecule has 0 amide bonds. The summed E-state index contributed by atoms with van der Waals surface area (Å²) in [5, 5.41) is 2.09. The summed E-state index contributed by atoms with van der Waals surface area (Å²) in [6.07, 6.45) is 0. The van der Waals surface area contributed by atoms with E-state index in [4.69, 9.17) is 71.1 Å². The van der Waals surface area contributed by atoms with Gasteiger partial charge in [0.15, 0.2) is 0 Å². The van der Waals surface area contributed by atoms with Gasteiger partial charge in [0.1, 0.15) is 22.4 Å². The molecule has 0 aliphatic carbocycles. The number of benzene rings is 3. The average Bonchev–Trinajstić information content (AvgIpc) is 2.98. The average molecular weight is 655 g/mol. The van der Waals surface area contributed by atoms with Crippen molar-refractivity contribution >= 4 is 58.0 Å². The van der Waals surface area contributed by atoms with Crippen LogP contribution in [0, 0.1) is 19.0 Å². The van der Waals surface area contributed by atoms with Gasteiger partial charge in [0.05, 0.1) is 36.9 Å². The minimum absolute atomic E-state index is 0.309. The van der Waals surface area contributed by atoms with Gasteiger partial charge in [-0.05, 0) is 72.8 Å². The highest BCUT2D eigenvalue weighted by atomic mass is 35.5. The topological polar surface area (TPSA) is 34.5 Å². The Bertz CT molecular complexity index is 1760. The van der Waals surface area contributed by atoms with Gasteiger partial charge < -0.3 is 9.69 Å². The highest BCUT2D eigenvalue weighted by Gasteiger charge is 2.27. The van der Waals surface area contributed by atoms with Crippen LogP contribution in [0.25, 0.3) is 20.9 Å². The maximum Gasteiger partial charge on any atom is 0.293 e. The molecule has 2 unspecified atom stereocenters. The third-order valence-electron chi connectivity index (χ3n) is 6.01. The fourth-order valence-corrected chi connectivity index (χ4v) is 5.44. The summed E-state index contributed by atoms with van der Waals surface area (Å²) in [4.78, 5) is 15.9. The molecule has 0 aliphatic rings. The van der Waals surface area contributed by atoms with Crippen LogP contribution in [0.2, 0.25) is 25.2 Å². The first-order valence-corrected chi connectivity index (χ1v) is 14.1. The maximum absolute atomic E-state index is 13.1. The second-order valence-electron chi connectivity index (χ2n) is 8.67. The van der Waals surface area contributed by atoms with Crippen molar-refractivity contribution in [3.8, 4) is 11.3 Å². The Kier molecular flexibility index (Phi) is 10.8. The molecule has 0 fully saturated rings. The zero-order chi connectivity index (χ0) is 30.2. The Morgan fingerprint density at radius 1 is 0.548 bits per heavy atom. The summed E-state index contributed by atoms with van der Waals surface area (Å²) in [7, 11) is 0. The summed E-state index contributed by atoms with van der Waals surface area (Å²) >= 11 is 30.5. The fraction of sp³-hybridized carbons (Fsp3) is 0.0625. The normalized spacial score (nSPS) is 11.8. The van der Waals surface area contributed by atoms with E-state index in [0.29, 0.717) is 53.5 Å². The first kappa shape index (κ1) is 31.3. The van der Waals surface area contributed by atoms with Crippen molar-refractivity contribution in [2.24, 2.45) is 0 Å². The van der Waals surface area contributed by atoms with Gasteiger partial charge >= 0.3 is 0 Å². The number of hydrogen-bond donors (Lipinski definition) is 0. The van der Waals surface area contributed by atoms with E-state index in [1.54, 1.807) is 72.8 Å². The first-order chi connectivity index (χ1) is 20.2. The van der Waals surface area contributed by atoms with E-state index in [1.165, 1.54) is 12.1 Å². The van der Waals surface area contributed by atoms with E-state index in [1.807, 2.05) is 12.1 Å². The predicted octanol–water partition coefficient (Wildman–Crippen LogP) is 11.3. The van der Waals surface area contributed by atoms with Crippen LogP contribution in [0.4, 0.5) is 4.39 Å². The fourth-order valence-electron chi connectivity index (χ4n) is 4.06. The van der Waals surface area contributed by atoms with Gasteiger partial charge in [-0.15, -0.1) is 0 Å². The molecule has 0 aliphatic heterocycles. The van der Waals surface area contributed by atoms with Crippen LogP contribution in [-0.2, 0) is 0 Å². The van der Waals surface area contributed by atoms with E-state index in [-0.39, 0.29) is 5.82 Å².